The van der Waals surface area contributed by atoms with Gasteiger partial charge in [-0.05, 0) is 6.42 Å². The molecule has 1 radical (unpaired) electrons. The third-order valence-electron chi connectivity index (χ3n) is 6.25. The van der Waals surface area contributed by atoms with Gasteiger partial charge in [0.2, 0.25) is 0 Å². The van der Waals surface area contributed by atoms with Crippen LogP contribution in [0.15, 0.2) is 0 Å². The Balaban J connectivity index is 2.96. The van der Waals surface area contributed by atoms with Crippen LogP contribution in [-0.4, -0.2) is 0 Å². The van der Waals surface area contributed by atoms with E-state index < -0.39 is 0 Å². The van der Waals surface area contributed by atoms with E-state index in [9.17, 15) is 0 Å². The normalized spacial score (nSPS) is 11.4. The molecule has 0 aromatic heterocycles. The maximum absolute atomic E-state index is 2.48. The standard InChI is InChI=1S/C28H57/c1-3-5-7-9-11-13-15-17-19-21-23-25-27-28-26-24-22-20-18-16-14-12-10-8-6-4-2/h7H,3-6,8-28H2,1-2H3. The summed E-state index contributed by atoms with van der Waals surface area (Å²) in [4.78, 5) is 0. The zero-order chi connectivity index (χ0) is 20.4. The lowest BCUT2D eigenvalue weighted by Gasteiger charge is -2.04. The molecule has 0 aromatic rings. The Hall–Kier alpha value is 0. The highest BCUT2D eigenvalue weighted by Crippen LogP contribution is 2.15. The quantitative estimate of drug-likeness (QED) is 0.135. The van der Waals surface area contributed by atoms with Crippen molar-refractivity contribution in [2.24, 2.45) is 0 Å². The first-order chi connectivity index (χ1) is 13.9. The fraction of sp³-hybridized carbons (Fsp3) is 0.964. The van der Waals surface area contributed by atoms with Crippen molar-refractivity contribution in [2.45, 2.75) is 174 Å². The third kappa shape index (κ3) is 26.0. The number of unbranched alkanes of at least 4 members (excludes halogenated alkanes) is 25. The van der Waals surface area contributed by atoms with Gasteiger partial charge in [0.1, 0.15) is 0 Å². The molecule has 0 saturated carbocycles. The molecule has 0 heterocycles. The number of rotatable bonds is 25. The van der Waals surface area contributed by atoms with Gasteiger partial charge in [0.15, 0.2) is 0 Å². The topological polar surface area (TPSA) is 0 Å². The minimum Gasteiger partial charge on any atom is -0.0654 e. The number of hydrogen-bond acceptors (Lipinski definition) is 0. The molecule has 0 bridgehead atoms. The largest absolute Gasteiger partial charge is 0.0654 e. The van der Waals surface area contributed by atoms with Crippen molar-refractivity contribution >= 4 is 0 Å². The fourth-order valence-corrected chi connectivity index (χ4v) is 4.25. The lowest BCUT2D eigenvalue weighted by atomic mass is 10.0. The van der Waals surface area contributed by atoms with Gasteiger partial charge in [-0.2, -0.15) is 0 Å². The lowest BCUT2D eigenvalue weighted by Crippen LogP contribution is -1.84. The van der Waals surface area contributed by atoms with Crippen LogP contribution in [0.25, 0.3) is 0 Å². The molecule has 169 valence electrons. The van der Waals surface area contributed by atoms with Gasteiger partial charge in [-0.15, -0.1) is 0 Å². The second-order valence-corrected chi connectivity index (χ2v) is 9.29. The Morgan fingerprint density at radius 3 is 0.857 bits per heavy atom. The van der Waals surface area contributed by atoms with Crippen LogP contribution in [0.1, 0.15) is 174 Å². The molecule has 0 aliphatic carbocycles. The second kappa shape index (κ2) is 27.0. The van der Waals surface area contributed by atoms with Crippen molar-refractivity contribution in [1.82, 2.24) is 0 Å². The van der Waals surface area contributed by atoms with Crippen molar-refractivity contribution in [3.8, 4) is 0 Å². The van der Waals surface area contributed by atoms with Gasteiger partial charge in [-0.3, -0.25) is 0 Å². The number of hydrogen-bond donors (Lipinski definition) is 0. The first-order valence-corrected chi connectivity index (χ1v) is 13.7. The fourth-order valence-electron chi connectivity index (χ4n) is 4.25. The van der Waals surface area contributed by atoms with Crippen LogP contribution < -0.4 is 0 Å². The van der Waals surface area contributed by atoms with Crippen LogP contribution in [0.4, 0.5) is 0 Å². The Labute approximate surface area is 181 Å². The van der Waals surface area contributed by atoms with Crippen molar-refractivity contribution in [2.75, 3.05) is 0 Å². The van der Waals surface area contributed by atoms with Crippen molar-refractivity contribution in [3.63, 3.8) is 0 Å². The van der Waals surface area contributed by atoms with Crippen LogP contribution in [0, 0.1) is 6.42 Å². The molecule has 0 aliphatic heterocycles. The molecule has 0 heteroatoms. The van der Waals surface area contributed by atoms with E-state index >= 15 is 0 Å². The molecule has 0 fully saturated rings. The smallest absolute Gasteiger partial charge is 0.0386 e. The SMILES string of the molecule is CCC[CH]CCCCCCCCCCCCCCCCCCCCCCCC. The predicted octanol–water partition coefficient (Wildman–Crippen LogP) is 11.0. The minimum absolute atomic E-state index is 1.32. The molecule has 0 aromatic carbocycles. The van der Waals surface area contributed by atoms with Crippen LogP contribution in [-0.2, 0) is 0 Å². The van der Waals surface area contributed by atoms with Gasteiger partial charge in [-0.1, -0.05) is 174 Å². The van der Waals surface area contributed by atoms with Gasteiger partial charge >= 0.3 is 0 Å². The van der Waals surface area contributed by atoms with Crippen molar-refractivity contribution in [3.05, 3.63) is 6.42 Å². The van der Waals surface area contributed by atoms with E-state index in [-0.39, 0.29) is 0 Å². The molecule has 0 atom stereocenters. The molecule has 0 aliphatic rings. The highest BCUT2D eigenvalue weighted by molar-refractivity contribution is 4.63. The zero-order valence-electron chi connectivity index (χ0n) is 20.3. The summed E-state index contributed by atoms with van der Waals surface area (Å²) < 4.78 is 0. The highest BCUT2D eigenvalue weighted by atomic mass is 14.0. The summed E-state index contributed by atoms with van der Waals surface area (Å²) in [5.74, 6) is 0. The molecule has 0 unspecified atom stereocenters. The average molecular weight is 394 g/mol. The van der Waals surface area contributed by atoms with Crippen molar-refractivity contribution < 1.29 is 0 Å². The van der Waals surface area contributed by atoms with E-state index in [0.717, 1.165) is 0 Å². The summed E-state index contributed by atoms with van der Waals surface area (Å²) in [6, 6.07) is 0. The molecule has 0 amide bonds. The highest BCUT2D eigenvalue weighted by Gasteiger charge is 1.96. The predicted molar refractivity (Wildman–Crippen MR) is 131 cm³/mol. The van der Waals surface area contributed by atoms with E-state index in [1.165, 1.54) is 161 Å². The van der Waals surface area contributed by atoms with Crippen LogP contribution in [0.3, 0.4) is 0 Å². The van der Waals surface area contributed by atoms with Crippen LogP contribution in [0.2, 0.25) is 0 Å². The first-order valence-electron chi connectivity index (χ1n) is 13.7. The van der Waals surface area contributed by atoms with E-state index in [1.807, 2.05) is 0 Å². The summed E-state index contributed by atoms with van der Waals surface area (Å²) >= 11 is 0. The lowest BCUT2D eigenvalue weighted by molar-refractivity contribution is 0.519. The molecule has 0 spiro atoms. The summed E-state index contributed by atoms with van der Waals surface area (Å²) in [7, 11) is 0. The van der Waals surface area contributed by atoms with E-state index in [4.69, 9.17) is 0 Å². The van der Waals surface area contributed by atoms with Gasteiger partial charge in [-0.25, -0.2) is 0 Å². The molecule has 0 saturated heterocycles. The van der Waals surface area contributed by atoms with E-state index in [1.54, 1.807) is 0 Å². The zero-order valence-corrected chi connectivity index (χ0v) is 20.3. The van der Waals surface area contributed by atoms with Gasteiger partial charge in [0.25, 0.3) is 0 Å². The molecular formula is C28H57. The van der Waals surface area contributed by atoms with E-state index in [0.29, 0.717) is 0 Å². The summed E-state index contributed by atoms with van der Waals surface area (Å²) in [5, 5.41) is 0. The Bertz CT molecular complexity index is 218. The summed E-state index contributed by atoms with van der Waals surface area (Å²) in [6.07, 6.45) is 38.9. The minimum atomic E-state index is 1.32. The summed E-state index contributed by atoms with van der Waals surface area (Å²) in [6.45, 7) is 4.58. The van der Waals surface area contributed by atoms with E-state index in [2.05, 4.69) is 20.3 Å². The molecule has 0 rings (SSSR count). The molecule has 0 nitrogen and oxygen atoms in total. The Morgan fingerprint density at radius 1 is 0.286 bits per heavy atom. The second-order valence-electron chi connectivity index (χ2n) is 9.29. The van der Waals surface area contributed by atoms with Gasteiger partial charge in [0.05, 0.1) is 0 Å². The maximum Gasteiger partial charge on any atom is -0.0386 e. The Morgan fingerprint density at radius 2 is 0.571 bits per heavy atom. The Kier molecular flexibility index (Phi) is 27.0. The van der Waals surface area contributed by atoms with Crippen molar-refractivity contribution in [1.29, 1.82) is 0 Å². The molecule has 0 N–H and O–H groups in total. The van der Waals surface area contributed by atoms with Crippen LogP contribution in [0.5, 0.6) is 0 Å². The van der Waals surface area contributed by atoms with Gasteiger partial charge < -0.3 is 0 Å². The first kappa shape index (κ1) is 28.0. The molecular weight excluding hydrogens is 336 g/mol. The monoisotopic (exact) mass is 393 g/mol. The maximum atomic E-state index is 2.48. The third-order valence-corrected chi connectivity index (χ3v) is 6.25. The summed E-state index contributed by atoms with van der Waals surface area (Å²) in [5.41, 5.74) is 0. The average Bonchev–Trinajstić information content (AvgIpc) is 2.71. The molecule has 28 heavy (non-hydrogen) atoms. The van der Waals surface area contributed by atoms with Gasteiger partial charge in [0, 0.05) is 0 Å². The van der Waals surface area contributed by atoms with Crippen LogP contribution >= 0.6 is 0 Å².